The van der Waals surface area contributed by atoms with Gasteiger partial charge in [0.25, 0.3) is 0 Å². The minimum absolute atomic E-state index is 0.0622. The van der Waals surface area contributed by atoms with Gasteiger partial charge in [0, 0.05) is 18.8 Å². The molecule has 2 aromatic carbocycles. The zero-order valence-corrected chi connectivity index (χ0v) is 19.2. The Kier molecular flexibility index (Phi) is 6.43. The summed E-state index contributed by atoms with van der Waals surface area (Å²) in [6.07, 6.45) is -0.352. The molecule has 0 aliphatic heterocycles. The third-order valence-corrected chi connectivity index (χ3v) is 6.06. The third kappa shape index (κ3) is 4.66. The number of fused-ring (bicyclic) bond motifs is 1. The van der Waals surface area contributed by atoms with Gasteiger partial charge in [-0.3, -0.25) is 4.79 Å². The molecule has 2 aromatic heterocycles. The first-order valence-electron chi connectivity index (χ1n) is 10.9. The zero-order valence-electron chi connectivity index (χ0n) is 19.2. The second kappa shape index (κ2) is 9.32. The second-order valence-corrected chi connectivity index (χ2v) is 8.55. The molecule has 0 fully saturated rings. The predicted octanol–water partition coefficient (Wildman–Crippen LogP) is 4.57. The van der Waals surface area contributed by atoms with Gasteiger partial charge in [-0.25, -0.2) is 9.50 Å². The first-order chi connectivity index (χ1) is 16.6. The number of likely N-dealkylation sites (N-methyl/N-ethyl adjacent to an activating group) is 1. The Morgan fingerprint density at radius 2 is 1.74 bits per heavy atom. The molecule has 0 saturated heterocycles. The van der Waals surface area contributed by atoms with Crippen molar-refractivity contribution in [3.63, 3.8) is 0 Å². The molecule has 1 amide bonds. The number of aromatic nitrogens is 3. The van der Waals surface area contributed by atoms with Crippen LogP contribution in [0.15, 0.2) is 73.1 Å². The molecule has 6 nitrogen and oxygen atoms in total. The molecule has 0 spiro atoms. The molecule has 0 bridgehead atoms. The number of carbonyl (C=O) groups excluding carboxylic acids is 2. The van der Waals surface area contributed by atoms with Crippen molar-refractivity contribution >= 4 is 17.8 Å². The molecule has 0 aliphatic rings. The van der Waals surface area contributed by atoms with Gasteiger partial charge >= 0.3 is 6.18 Å². The van der Waals surface area contributed by atoms with Crippen molar-refractivity contribution in [1.82, 2.24) is 19.5 Å². The van der Waals surface area contributed by atoms with Crippen LogP contribution in [0, 0.1) is 0 Å². The number of halogens is 3. The van der Waals surface area contributed by atoms with Crippen LogP contribution in [0.1, 0.15) is 23.7 Å². The minimum atomic E-state index is -4.43. The number of rotatable bonds is 7. The highest BCUT2D eigenvalue weighted by atomic mass is 19.4. The number of nitrogens with zero attached hydrogens (tertiary/aromatic N) is 4. The van der Waals surface area contributed by atoms with Crippen LogP contribution in [-0.2, 0) is 27.6 Å². The monoisotopic (exact) mass is 480 g/mol. The topological polar surface area (TPSA) is 67.6 Å². The fourth-order valence-electron chi connectivity index (χ4n) is 4.25. The standard InChI is InChI=1S/C26H23F3N4O2/c1-25(24(35)32(2)14-15-34,16-18-6-4-3-5-7-18)22-12-13-30-23-21(17-31-33(22)23)19-8-10-20(11-9-19)26(27,28)29/h3-13,15,17H,14,16H2,1-2H3. The molecule has 4 rings (SSSR count). The van der Waals surface area contributed by atoms with Crippen LogP contribution in [-0.4, -0.2) is 45.3 Å². The normalized spacial score (nSPS) is 13.4. The number of carbonyl (C=O) groups is 2. The molecular weight excluding hydrogens is 457 g/mol. The van der Waals surface area contributed by atoms with Crippen molar-refractivity contribution in [1.29, 1.82) is 0 Å². The van der Waals surface area contributed by atoms with Crippen LogP contribution < -0.4 is 0 Å². The van der Waals surface area contributed by atoms with Crippen molar-refractivity contribution in [2.45, 2.75) is 24.9 Å². The van der Waals surface area contributed by atoms with Gasteiger partial charge in [0.05, 0.1) is 29.4 Å². The third-order valence-electron chi connectivity index (χ3n) is 6.06. The molecule has 4 aromatic rings. The predicted molar refractivity (Wildman–Crippen MR) is 125 cm³/mol. The van der Waals surface area contributed by atoms with Crippen molar-refractivity contribution < 1.29 is 22.8 Å². The van der Waals surface area contributed by atoms with Crippen LogP contribution in [0.25, 0.3) is 16.8 Å². The van der Waals surface area contributed by atoms with E-state index in [0.717, 1.165) is 17.7 Å². The highest BCUT2D eigenvalue weighted by Gasteiger charge is 2.40. The fraction of sp³-hybridized carbons (Fsp3) is 0.231. The summed E-state index contributed by atoms with van der Waals surface area (Å²) >= 11 is 0. The van der Waals surface area contributed by atoms with Gasteiger partial charge in [-0.05, 0) is 42.7 Å². The summed E-state index contributed by atoms with van der Waals surface area (Å²) in [5.74, 6) is -0.271. The molecule has 0 radical (unpaired) electrons. The first kappa shape index (κ1) is 24.1. The van der Waals surface area contributed by atoms with E-state index in [1.54, 1.807) is 30.8 Å². The van der Waals surface area contributed by atoms with Gasteiger partial charge in [0.2, 0.25) is 5.91 Å². The van der Waals surface area contributed by atoms with Crippen molar-refractivity contribution in [2.24, 2.45) is 0 Å². The minimum Gasteiger partial charge on any atom is -0.338 e. The Morgan fingerprint density at radius 3 is 2.37 bits per heavy atom. The van der Waals surface area contributed by atoms with Gasteiger partial charge in [-0.15, -0.1) is 0 Å². The second-order valence-electron chi connectivity index (χ2n) is 8.55. The first-order valence-corrected chi connectivity index (χ1v) is 10.9. The lowest BCUT2D eigenvalue weighted by Gasteiger charge is -2.32. The Morgan fingerprint density at radius 1 is 1.06 bits per heavy atom. The Balaban J connectivity index is 1.83. The zero-order chi connectivity index (χ0) is 25.2. The Bertz CT molecular complexity index is 1350. The van der Waals surface area contributed by atoms with Crippen LogP contribution in [0.3, 0.4) is 0 Å². The Hall–Kier alpha value is -4.01. The van der Waals surface area contributed by atoms with E-state index in [4.69, 9.17) is 0 Å². The van der Waals surface area contributed by atoms with Gasteiger partial charge in [-0.2, -0.15) is 18.3 Å². The van der Waals surface area contributed by atoms with Gasteiger partial charge in [-0.1, -0.05) is 42.5 Å². The van der Waals surface area contributed by atoms with E-state index >= 15 is 0 Å². The molecular formula is C26H23F3N4O2. The van der Waals surface area contributed by atoms with E-state index in [1.165, 1.54) is 23.2 Å². The van der Waals surface area contributed by atoms with Crippen LogP contribution in [0.2, 0.25) is 0 Å². The van der Waals surface area contributed by atoms with E-state index in [0.29, 0.717) is 35.2 Å². The summed E-state index contributed by atoms with van der Waals surface area (Å²) in [4.78, 5) is 30.5. The summed E-state index contributed by atoms with van der Waals surface area (Å²) in [7, 11) is 1.56. The lowest BCUT2D eigenvalue weighted by Crippen LogP contribution is -2.46. The van der Waals surface area contributed by atoms with Gasteiger partial charge in [0.15, 0.2) is 5.65 Å². The molecule has 0 saturated carbocycles. The molecule has 1 unspecified atom stereocenters. The van der Waals surface area contributed by atoms with E-state index < -0.39 is 17.2 Å². The smallest absolute Gasteiger partial charge is 0.338 e. The van der Waals surface area contributed by atoms with E-state index in [-0.39, 0.29) is 12.5 Å². The number of alkyl halides is 3. The van der Waals surface area contributed by atoms with Gasteiger partial charge < -0.3 is 9.69 Å². The lowest BCUT2D eigenvalue weighted by molar-refractivity contribution is -0.137. The molecule has 180 valence electrons. The molecule has 9 heteroatoms. The quantitative estimate of drug-likeness (QED) is 0.364. The molecule has 2 heterocycles. The van der Waals surface area contributed by atoms with Crippen molar-refractivity contribution in [3.05, 3.63) is 89.9 Å². The summed E-state index contributed by atoms with van der Waals surface area (Å²) < 4.78 is 40.5. The maximum atomic E-state index is 13.6. The van der Waals surface area contributed by atoms with Crippen molar-refractivity contribution in [2.75, 3.05) is 13.6 Å². The van der Waals surface area contributed by atoms with E-state index in [2.05, 4.69) is 10.1 Å². The lowest BCUT2D eigenvalue weighted by atomic mass is 9.78. The summed E-state index contributed by atoms with van der Waals surface area (Å²) in [5.41, 5.74) is 1.08. The molecule has 0 N–H and O–H groups in total. The number of hydrogen-bond donors (Lipinski definition) is 0. The maximum Gasteiger partial charge on any atom is 0.416 e. The molecule has 35 heavy (non-hydrogen) atoms. The highest BCUT2D eigenvalue weighted by molar-refractivity contribution is 5.89. The number of benzene rings is 2. The highest BCUT2D eigenvalue weighted by Crippen LogP contribution is 2.34. The number of aldehydes is 1. The summed E-state index contributed by atoms with van der Waals surface area (Å²) in [6, 6.07) is 16.0. The fourth-order valence-corrected chi connectivity index (χ4v) is 4.25. The average molecular weight is 480 g/mol. The summed E-state index contributed by atoms with van der Waals surface area (Å²) in [5, 5.41) is 4.45. The number of amides is 1. The van der Waals surface area contributed by atoms with Crippen LogP contribution >= 0.6 is 0 Å². The average Bonchev–Trinajstić information content (AvgIpc) is 3.28. The molecule has 0 aliphatic carbocycles. The summed E-state index contributed by atoms with van der Waals surface area (Å²) in [6.45, 7) is 1.73. The molecule has 1 atom stereocenters. The van der Waals surface area contributed by atoms with Crippen LogP contribution in [0.5, 0.6) is 0 Å². The van der Waals surface area contributed by atoms with Crippen molar-refractivity contribution in [3.8, 4) is 11.1 Å². The SMILES string of the molecule is CN(CC=O)C(=O)C(C)(Cc1ccccc1)c1ccnc2c(-c3ccc(C(F)(F)F)cc3)cnn12. The maximum absolute atomic E-state index is 13.6. The van der Waals surface area contributed by atoms with Gasteiger partial charge in [0.1, 0.15) is 6.29 Å². The van der Waals surface area contributed by atoms with Crippen LogP contribution in [0.4, 0.5) is 13.2 Å². The van der Waals surface area contributed by atoms with E-state index in [9.17, 15) is 22.8 Å². The Labute approximate surface area is 200 Å². The number of hydrogen-bond acceptors (Lipinski definition) is 4. The van der Waals surface area contributed by atoms with E-state index in [1.807, 2.05) is 30.3 Å². The largest absolute Gasteiger partial charge is 0.416 e.